The van der Waals surface area contributed by atoms with Crippen molar-refractivity contribution in [3.05, 3.63) is 52.9 Å². The maximum atomic E-state index is 12.8. The normalized spacial score (nSPS) is 22.3. The first-order valence-corrected chi connectivity index (χ1v) is 12.6. The zero-order chi connectivity index (χ0) is 28.1. The van der Waals surface area contributed by atoms with Gasteiger partial charge >= 0.3 is 12.2 Å². The second kappa shape index (κ2) is 15.5. The highest BCUT2D eigenvalue weighted by atomic mass is 32.2. The van der Waals surface area contributed by atoms with Gasteiger partial charge in [-0.05, 0) is 36.8 Å². The number of carbonyl (C=O) groups is 4. The van der Waals surface area contributed by atoms with Crippen LogP contribution in [-0.2, 0) is 19.0 Å². The second-order valence-corrected chi connectivity index (χ2v) is 9.28. The maximum absolute atomic E-state index is 12.8. The van der Waals surface area contributed by atoms with Crippen molar-refractivity contribution < 1.29 is 38.5 Å². The van der Waals surface area contributed by atoms with Crippen LogP contribution in [0.15, 0.2) is 42.0 Å². The van der Waals surface area contributed by atoms with Crippen molar-refractivity contribution in [3.8, 4) is 0 Å². The van der Waals surface area contributed by atoms with Crippen molar-refractivity contribution in [1.29, 1.82) is 0 Å². The number of benzene rings is 1. The Morgan fingerprint density at radius 2 is 2.11 bits per heavy atom. The first-order valence-electron chi connectivity index (χ1n) is 11.5. The van der Waals surface area contributed by atoms with Gasteiger partial charge in [0.1, 0.15) is 24.2 Å². The summed E-state index contributed by atoms with van der Waals surface area (Å²) in [6.07, 6.45) is -3.96. The molecule has 5 N–H and O–H groups in total. The lowest BCUT2D eigenvalue weighted by Crippen LogP contribution is -2.64. The number of thioether (sulfide) groups is 1. The third-order valence-corrected chi connectivity index (χ3v) is 6.48. The molecule has 1 aromatic rings. The number of primary amides is 1. The summed E-state index contributed by atoms with van der Waals surface area (Å²) in [5.74, 6) is -0.323. The molecule has 1 aliphatic rings. The van der Waals surface area contributed by atoms with Crippen LogP contribution in [0.3, 0.4) is 0 Å². The van der Waals surface area contributed by atoms with E-state index >= 15 is 0 Å². The molecule has 206 valence electrons. The Morgan fingerprint density at radius 3 is 2.76 bits per heavy atom. The molecule has 0 radical (unpaired) electrons. The fourth-order valence-electron chi connectivity index (χ4n) is 3.47. The number of nitrogens with zero attached hydrogens (tertiary/aromatic N) is 3. The van der Waals surface area contributed by atoms with Crippen LogP contribution in [0, 0.1) is 0 Å². The fourth-order valence-corrected chi connectivity index (χ4v) is 4.66. The molecule has 15 heteroatoms. The summed E-state index contributed by atoms with van der Waals surface area (Å²) in [7, 11) is 0. The van der Waals surface area contributed by atoms with E-state index in [2.05, 4.69) is 27.2 Å². The number of rotatable bonds is 13. The van der Waals surface area contributed by atoms with Gasteiger partial charge in [0.2, 0.25) is 5.91 Å². The molecule has 1 aromatic carbocycles. The number of aliphatic hydroxyl groups is 1. The number of alkyl carbamates (subject to hydrolysis) is 1. The average Bonchev–Trinajstić information content (AvgIpc) is 2.87. The summed E-state index contributed by atoms with van der Waals surface area (Å²) in [4.78, 5) is 50.6. The van der Waals surface area contributed by atoms with Crippen molar-refractivity contribution in [1.82, 2.24) is 5.32 Å². The highest BCUT2D eigenvalue weighted by Crippen LogP contribution is 2.31. The topological polar surface area (TPSA) is 215 Å². The van der Waals surface area contributed by atoms with Crippen LogP contribution in [0.5, 0.6) is 0 Å². The average molecular weight is 551 g/mol. The lowest BCUT2D eigenvalue weighted by atomic mass is 9.97. The number of Topliss-reactive ketones (excluding diaryl/α,β-unsaturated/α-hetero) is 1. The molecule has 0 spiro atoms. The van der Waals surface area contributed by atoms with Crippen LogP contribution in [0.1, 0.15) is 30.1 Å². The quantitative estimate of drug-likeness (QED) is 0.0707. The number of ether oxygens (including phenoxy) is 3. The Kier molecular flexibility index (Phi) is 12.4. The van der Waals surface area contributed by atoms with Gasteiger partial charge in [0.05, 0.1) is 12.6 Å². The van der Waals surface area contributed by atoms with Gasteiger partial charge in [-0.2, -0.15) is 0 Å². The lowest BCUT2D eigenvalue weighted by Gasteiger charge is -2.43. The van der Waals surface area contributed by atoms with E-state index in [0.29, 0.717) is 17.7 Å². The van der Waals surface area contributed by atoms with Crippen molar-refractivity contribution in [2.24, 2.45) is 10.8 Å². The molecule has 1 heterocycles. The number of nitrogens with one attached hydrogen (secondary N) is 2. The minimum atomic E-state index is -1.51. The monoisotopic (exact) mass is 550 g/mol. The number of nitrogens with two attached hydrogens (primary N) is 1. The van der Waals surface area contributed by atoms with Gasteiger partial charge in [-0.1, -0.05) is 29.9 Å². The predicted molar refractivity (Wildman–Crippen MR) is 138 cm³/mol. The van der Waals surface area contributed by atoms with Gasteiger partial charge in [-0.3, -0.25) is 14.9 Å². The smallest absolute Gasteiger partial charge is 0.412 e. The molecule has 0 aliphatic carbocycles. The first kappa shape index (κ1) is 30.4. The summed E-state index contributed by atoms with van der Waals surface area (Å²) < 4.78 is 16.4. The van der Waals surface area contributed by atoms with Crippen molar-refractivity contribution >= 4 is 41.3 Å². The Labute approximate surface area is 222 Å². The number of aliphatic hydroxyl groups excluding tert-OH is 1. The van der Waals surface area contributed by atoms with E-state index in [9.17, 15) is 24.3 Å². The molecule has 5 atom stereocenters. The number of hydrogen-bond acceptors (Lipinski definition) is 10. The SMILES string of the molecule is C=CCOC(=O)N[C@@H]1[C@@H](OC(=O)Nc2cccc(C(C)=O)c2)[C@@H](O)[C@@H](CN=[N+]=[N-])O[C@@H]1SCCCC(N)=O. The molecule has 0 saturated carbocycles. The molecule has 14 nitrogen and oxygen atoms in total. The van der Waals surface area contributed by atoms with Gasteiger partial charge in [0.15, 0.2) is 11.9 Å². The number of hydrogen-bond donors (Lipinski definition) is 4. The standard InChI is InChI=1S/C23H30N6O8S/c1-3-9-35-22(33)28-18-20(37-23(34)27-15-7-4-6-14(11-15)13(2)30)19(32)16(12-26-29-25)36-21(18)38-10-5-8-17(24)31/h3-4,6-7,11,16,18-21,32H,1,5,8-10,12H2,2H3,(H2,24,31)(H,27,34)(H,28,33)/t16-,18-,19+,20-,21-/m1/s1. The minimum absolute atomic E-state index is 0.101. The minimum Gasteiger partial charge on any atom is -0.445 e. The van der Waals surface area contributed by atoms with E-state index in [1.807, 2.05) is 0 Å². The third-order valence-electron chi connectivity index (χ3n) is 5.22. The molecule has 1 fully saturated rings. The molecule has 0 unspecified atom stereocenters. The van der Waals surface area contributed by atoms with Gasteiger partial charge < -0.3 is 30.4 Å². The fraction of sp³-hybridized carbons (Fsp3) is 0.478. The van der Waals surface area contributed by atoms with Crippen molar-refractivity contribution in [2.45, 2.75) is 49.6 Å². The van der Waals surface area contributed by atoms with Gasteiger partial charge in [-0.25, -0.2) is 9.59 Å². The summed E-state index contributed by atoms with van der Waals surface area (Å²) >= 11 is 1.18. The van der Waals surface area contributed by atoms with Crippen LogP contribution >= 0.6 is 11.8 Å². The Morgan fingerprint density at radius 1 is 1.34 bits per heavy atom. The third kappa shape index (κ3) is 9.59. The van der Waals surface area contributed by atoms with E-state index in [0.717, 1.165) is 0 Å². The summed E-state index contributed by atoms with van der Waals surface area (Å²) in [6.45, 7) is 4.46. The molecule has 2 rings (SSSR count). The van der Waals surface area contributed by atoms with E-state index in [1.165, 1.54) is 30.8 Å². The van der Waals surface area contributed by atoms with E-state index in [1.54, 1.807) is 18.2 Å². The molecule has 1 aliphatic heterocycles. The Bertz CT molecular complexity index is 1070. The molecule has 0 bridgehead atoms. The molecule has 38 heavy (non-hydrogen) atoms. The highest BCUT2D eigenvalue weighted by Gasteiger charge is 2.48. The summed E-state index contributed by atoms with van der Waals surface area (Å²) in [6, 6.07) is 5.03. The zero-order valence-electron chi connectivity index (χ0n) is 20.6. The summed E-state index contributed by atoms with van der Waals surface area (Å²) in [5, 5.41) is 19.5. The van der Waals surface area contributed by atoms with Crippen LogP contribution in [0.4, 0.5) is 15.3 Å². The number of anilines is 1. The Hall–Kier alpha value is -3.78. The van der Waals surface area contributed by atoms with Crippen LogP contribution < -0.4 is 16.4 Å². The van der Waals surface area contributed by atoms with Gasteiger partial charge in [0, 0.05) is 22.6 Å². The maximum Gasteiger partial charge on any atom is 0.412 e. The van der Waals surface area contributed by atoms with Crippen LogP contribution in [-0.4, -0.2) is 77.7 Å². The van der Waals surface area contributed by atoms with E-state index in [4.69, 9.17) is 25.5 Å². The van der Waals surface area contributed by atoms with Crippen LogP contribution in [0.25, 0.3) is 10.4 Å². The number of azide groups is 1. The predicted octanol–water partition coefficient (Wildman–Crippen LogP) is 2.48. The lowest BCUT2D eigenvalue weighted by molar-refractivity contribution is -0.154. The van der Waals surface area contributed by atoms with E-state index < -0.39 is 47.9 Å². The van der Waals surface area contributed by atoms with Crippen LogP contribution in [0.2, 0.25) is 0 Å². The molecular weight excluding hydrogens is 520 g/mol. The molecule has 1 saturated heterocycles. The molecule has 3 amide bonds. The van der Waals surface area contributed by atoms with Crippen molar-refractivity contribution in [3.63, 3.8) is 0 Å². The van der Waals surface area contributed by atoms with Gasteiger partial charge in [0.25, 0.3) is 0 Å². The number of carbonyl (C=O) groups excluding carboxylic acids is 4. The molecular formula is C23H30N6O8S. The molecule has 0 aromatic heterocycles. The van der Waals surface area contributed by atoms with E-state index in [-0.39, 0.29) is 31.0 Å². The number of ketones is 1. The van der Waals surface area contributed by atoms with Gasteiger partial charge in [-0.15, -0.1) is 11.8 Å². The van der Waals surface area contributed by atoms with Crippen molar-refractivity contribution in [2.75, 3.05) is 24.2 Å². The first-order chi connectivity index (χ1) is 18.2. The second-order valence-electron chi connectivity index (χ2n) is 8.08. The largest absolute Gasteiger partial charge is 0.445 e. The number of amides is 3. The Balaban J connectivity index is 2.29. The highest BCUT2D eigenvalue weighted by molar-refractivity contribution is 7.99. The zero-order valence-corrected chi connectivity index (χ0v) is 21.5. The summed E-state index contributed by atoms with van der Waals surface area (Å²) in [5.41, 5.74) is 13.6.